The summed E-state index contributed by atoms with van der Waals surface area (Å²) in [6, 6.07) is 10.3. The Kier molecular flexibility index (Phi) is 4.15. The van der Waals surface area contributed by atoms with Crippen molar-refractivity contribution in [2.75, 3.05) is 0 Å². The van der Waals surface area contributed by atoms with Crippen LogP contribution in [-0.4, -0.2) is 19.7 Å². The Morgan fingerprint density at radius 3 is 2.59 bits per heavy atom. The smallest absolute Gasteiger partial charge is 0.251 e. The summed E-state index contributed by atoms with van der Waals surface area (Å²) in [5, 5.41) is 15.8. The fourth-order valence-electron chi connectivity index (χ4n) is 3.55. The largest absolute Gasteiger partial charge is 0.507 e. The van der Waals surface area contributed by atoms with Gasteiger partial charge in [-0.15, -0.1) is 0 Å². The van der Waals surface area contributed by atoms with Gasteiger partial charge in [-0.1, -0.05) is 29.3 Å². The van der Waals surface area contributed by atoms with Gasteiger partial charge in [0.1, 0.15) is 17.2 Å². The summed E-state index contributed by atoms with van der Waals surface area (Å²) in [6.45, 7) is 0. The molecule has 2 aromatic carbocycles. The van der Waals surface area contributed by atoms with Crippen LogP contribution in [0, 0.1) is 5.82 Å². The van der Waals surface area contributed by atoms with E-state index in [0.717, 1.165) is 35.7 Å². The molecule has 29 heavy (non-hydrogen) atoms. The number of halogens is 3. The Morgan fingerprint density at radius 2 is 1.90 bits per heavy atom. The van der Waals surface area contributed by atoms with Crippen LogP contribution in [0.4, 0.5) is 4.39 Å². The second-order valence-electron chi connectivity index (χ2n) is 7.10. The minimum absolute atomic E-state index is 0.267. The maximum atomic E-state index is 13.5. The summed E-state index contributed by atoms with van der Waals surface area (Å²) in [5.74, 6) is -0.558. The Hall–Kier alpha value is -2.83. The van der Waals surface area contributed by atoms with E-state index in [4.69, 9.17) is 28.3 Å². The summed E-state index contributed by atoms with van der Waals surface area (Å²) in [6.07, 6.45) is 2.00. The molecule has 2 heterocycles. The fourth-order valence-corrected chi connectivity index (χ4v) is 3.85. The van der Waals surface area contributed by atoms with E-state index in [1.165, 1.54) is 18.2 Å². The number of H-pyrrole nitrogens is 1. The number of fused-ring (bicyclic) bond motifs is 1. The Morgan fingerprint density at radius 1 is 1.10 bits per heavy atom. The number of benzene rings is 2. The van der Waals surface area contributed by atoms with Crippen molar-refractivity contribution in [3.8, 4) is 28.1 Å². The molecule has 2 aromatic heterocycles. The van der Waals surface area contributed by atoms with Crippen molar-refractivity contribution in [1.82, 2.24) is 14.6 Å². The lowest BCUT2D eigenvalue weighted by molar-refractivity contribution is 0.470. The third kappa shape index (κ3) is 3.09. The van der Waals surface area contributed by atoms with Gasteiger partial charge in [-0.25, -0.2) is 8.91 Å². The molecule has 146 valence electrons. The van der Waals surface area contributed by atoms with Crippen molar-refractivity contribution in [1.29, 1.82) is 0 Å². The van der Waals surface area contributed by atoms with Crippen LogP contribution in [0.1, 0.15) is 24.5 Å². The van der Waals surface area contributed by atoms with Gasteiger partial charge >= 0.3 is 0 Å². The number of aromatic nitrogens is 3. The molecule has 8 heteroatoms. The van der Waals surface area contributed by atoms with Crippen molar-refractivity contribution < 1.29 is 9.50 Å². The standard InChI is InChI=1S/C21H14Cl2FN3O2/c22-14-6-3-11(7-15(14)23)19-20(10-1-2-10)26-27-16(9-18(29)25-21(19)27)13-5-4-12(24)8-17(13)28/h3-10,28H,1-2H2,(H,25,29). The number of nitrogens with zero attached hydrogens (tertiary/aromatic N) is 2. The molecule has 4 aromatic rings. The van der Waals surface area contributed by atoms with Gasteiger partial charge in [-0.2, -0.15) is 5.10 Å². The van der Waals surface area contributed by atoms with Gasteiger partial charge in [-0.05, 0) is 42.7 Å². The monoisotopic (exact) mass is 429 g/mol. The molecule has 0 radical (unpaired) electrons. The molecule has 5 rings (SSSR count). The molecule has 0 atom stereocenters. The summed E-state index contributed by atoms with van der Waals surface area (Å²) in [5.41, 5.74) is 3.20. The topological polar surface area (TPSA) is 70.4 Å². The van der Waals surface area contributed by atoms with Crippen molar-refractivity contribution in [2.24, 2.45) is 0 Å². The third-order valence-corrected chi connectivity index (χ3v) is 5.80. The van der Waals surface area contributed by atoms with E-state index in [0.29, 0.717) is 26.9 Å². The second-order valence-corrected chi connectivity index (χ2v) is 7.92. The number of nitrogens with one attached hydrogen (secondary N) is 1. The molecule has 0 spiro atoms. The van der Waals surface area contributed by atoms with E-state index in [9.17, 15) is 14.3 Å². The van der Waals surface area contributed by atoms with E-state index in [-0.39, 0.29) is 17.2 Å². The molecule has 0 aliphatic heterocycles. The van der Waals surface area contributed by atoms with Gasteiger partial charge in [-0.3, -0.25) is 4.79 Å². The van der Waals surface area contributed by atoms with Crippen molar-refractivity contribution in [3.05, 3.63) is 74.4 Å². The van der Waals surface area contributed by atoms with E-state index in [1.54, 1.807) is 16.6 Å². The van der Waals surface area contributed by atoms with Gasteiger partial charge in [0.2, 0.25) is 0 Å². The zero-order valence-electron chi connectivity index (χ0n) is 14.9. The Labute approximate surface area is 174 Å². The van der Waals surface area contributed by atoms with Crippen LogP contribution in [0.5, 0.6) is 5.75 Å². The van der Waals surface area contributed by atoms with Crippen LogP contribution in [0.2, 0.25) is 10.0 Å². The fraction of sp³-hybridized carbons (Fsp3) is 0.143. The maximum absolute atomic E-state index is 13.5. The molecular formula is C21H14Cl2FN3O2. The highest BCUT2D eigenvalue weighted by atomic mass is 35.5. The van der Waals surface area contributed by atoms with Crippen molar-refractivity contribution >= 4 is 28.8 Å². The summed E-state index contributed by atoms with van der Waals surface area (Å²) >= 11 is 12.3. The molecule has 1 aliphatic carbocycles. The molecular weight excluding hydrogens is 416 g/mol. The predicted molar refractivity (Wildman–Crippen MR) is 110 cm³/mol. The zero-order chi connectivity index (χ0) is 20.3. The number of hydrogen-bond acceptors (Lipinski definition) is 3. The first-order valence-corrected chi connectivity index (χ1v) is 9.78. The molecule has 0 bridgehead atoms. The first-order chi connectivity index (χ1) is 13.9. The molecule has 0 saturated heterocycles. The van der Waals surface area contributed by atoms with E-state index < -0.39 is 5.82 Å². The molecule has 2 N–H and O–H groups in total. The van der Waals surface area contributed by atoms with Crippen LogP contribution in [0.25, 0.3) is 28.0 Å². The number of aromatic amines is 1. The van der Waals surface area contributed by atoms with Crippen LogP contribution >= 0.6 is 23.2 Å². The van der Waals surface area contributed by atoms with Gasteiger partial charge in [0.25, 0.3) is 5.56 Å². The first-order valence-electron chi connectivity index (χ1n) is 9.02. The van der Waals surface area contributed by atoms with Crippen LogP contribution in [0.3, 0.4) is 0 Å². The van der Waals surface area contributed by atoms with Gasteiger partial charge in [0.15, 0.2) is 0 Å². The Balaban J connectivity index is 1.84. The van der Waals surface area contributed by atoms with E-state index in [2.05, 4.69) is 4.98 Å². The minimum Gasteiger partial charge on any atom is -0.507 e. The minimum atomic E-state index is -0.567. The summed E-state index contributed by atoms with van der Waals surface area (Å²) < 4.78 is 15.0. The maximum Gasteiger partial charge on any atom is 0.251 e. The summed E-state index contributed by atoms with van der Waals surface area (Å²) in [4.78, 5) is 15.3. The molecule has 1 saturated carbocycles. The zero-order valence-corrected chi connectivity index (χ0v) is 16.4. The third-order valence-electron chi connectivity index (χ3n) is 5.06. The molecule has 5 nitrogen and oxygen atoms in total. The summed E-state index contributed by atoms with van der Waals surface area (Å²) in [7, 11) is 0. The number of rotatable bonds is 3. The lowest BCUT2D eigenvalue weighted by atomic mass is 10.0. The quantitative estimate of drug-likeness (QED) is 0.458. The molecule has 1 fully saturated rings. The molecule has 0 amide bonds. The second kappa shape index (κ2) is 6.61. The number of phenolic OH excluding ortho intramolecular Hbond substituents is 1. The highest BCUT2D eigenvalue weighted by molar-refractivity contribution is 6.42. The normalized spacial score (nSPS) is 13.9. The number of hydrogen-bond donors (Lipinski definition) is 2. The Bertz CT molecular complexity index is 1340. The number of phenols is 1. The molecule has 0 unspecified atom stereocenters. The SMILES string of the molecule is O=c1cc(-c2ccc(F)cc2O)n2nc(C3CC3)c(-c3ccc(Cl)c(Cl)c3)c2[nH]1. The van der Waals surface area contributed by atoms with E-state index in [1.807, 2.05) is 6.07 Å². The lowest BCUT2D eigenvalue weighted by Gasteiger charge is -2.08. The van der Waals surface area contributed by atoms with Gasteiger partial charge < -0.3 is 10.1 Å². The average molecular weight is 430 g/mol. The van der Waals surface area contributed by atoms with Crippen molar-refractivity contribution in [3.63, 3.8) is 0 Å². The number of aromatic hydroxyl groups is 1. The predicted octanol–water partition coefficient (Wildman–Crippen LogP) is 5.39. The van der Waals surface area contributed by atoms with Crippen LogP contribution in [-0.2, 0) is 0 Å². The highest BCUT2D eigenvalue weighted by Crippen LogP contribution is 2.46. The van der Waals surface area contributed by atoms with E-state index >= 15 is 0 Å². The van der Waals surface area contributed by atoms with Crippen LogP contribution in [0.15, 0.2) is 47.3 Å². The van der Waals surface area contributed by atoms with Gasteiger partial charge in [0.05, 0.1) is 21.4 Å². The first kappa shape index (κ1) is 18.2. The average Bonchev–Trinajstić information content (AvgIpc) is 3.44. The van der Waals surface area contributed by atoms with Crippen molar-refractivity contribution in [2.45, 2.75) is 18.8 Å². The van der Waals surface area contributed by atoms with Gasteiger partial charge in [0, 0.05) is 29.2 Å². The van der Waals surface area contributed by atoms with Crippen LogP contribution < -0.4 is 5.56 Å². The lowest BCUT2D eigenvalue weighted by Crippen LogP contribution is -2.10. The molecule has 1 aliphatic rings. The highest BCUT2D eigenvalue weighted by Gasteiger charge is 2.32.